The predicted molar refractivity (Wildman–Crippen MR) is 126 cm³/mol. The molecule has 0 saturated heterocycles. The molecule has 32 heavy (non-hydrogen) atoms. The number of carbonyl (C=O) groups excluding carboxylic acids is 1. The summed E-state index contributed by atoms with van der Waals surface area (Å²) in [7, 11) is 1.57. The number of halogens is 1. The Kier molecular flexibility index (Phi) is 6.57. The highest BCUT2D eigenvalue weighted by molar-refractivity contribution is 9.10. The van der Waals surface area contributed by atoms with Gasteiger partial charge in [0.1, 0.15) is 11.8 Å². The van der Waals surface area contributed by atoms with Gasteiger partial charge in [-0.3, -0.25) is 4.79 Å². The maximum Gasteiger partial charge on any atom is 0.255 e. The number of anilines is 2. The highest BCUT2D eigenvalue weighted by atomic mass is 79.9. The normalized spacial score (nSPS) is 15.2. The largest absolute Gasteiger partial charge is 0.495 e. The van der Waals surface area contributed by atoms with Crippen LogP contribution < -0.4 is 15.4 Å². The zero-order valence-electron chi connectivity index (χ0n) is 17.8. The van der Waals surface area contributed by atoms with Gasteiger partial charge >= 0.3 is 0 Å². The van der Waals surface area contributed by atoms with Crippen molar-refractivity contribution in [3.63, 3.8) is 0 Å². The smallest absolute Gasteiger partial charge is 0.255 e. The van der Waals surface area contributed by atoms with Crippen molar-refractivity contribution >= 4 is 33.5 Å². The first kappa shape index (κ1) is 22.0. The SMILES string of the molecule is COc1ccccc1NC(=O)C1=C(C)Nc2nc(CCCO)nn2C1c1ccc(Br)cc1. The number of para-hydroxylation sites is 2. The van der Waals surface area contributed by atoms with E-state index in [0.717, 1.165) is 10.0 Å². The van der Waals surface area contributed by atoms with E-state index >= 15 is 0 Å². The molecular weight excluding hydrogens is 474 g/mol. The van der Waals surface area contributed by atoms with Gasteiger partial charge in [-0.05, 0) is 43.2 Å². The van der Waals surface area contributed by atoms with Gasteiger partial charge in [0.2, 0.25) is 5.95 Å². The van der Waals surface area contributed by atoms with Crippen molar-refractivity contribution in [3.05, 3.63) is 75.7 Å². The monoisotopic (exact) mass is 497 g/mol. The number of nitrogens with one attached hydrogen (secondary N) is 2. The Balaban J connectivity index is 1.76. The standard InChI is InChI=1S/C23H24BrN5O3/c1-14-20(22(31)26-17-6-3-4-7-18(17)32-2)21(15-9-11-16(24)12-10-15)29-23(25-14)27-19(28-29)8-5-13-30/h3-4,6-7,9-12,21,30H,5,8,13H2,1-2H3,(H,26,31)(H,25,27,28). The summed E-state index contributed by atoms with van der Waals surface area (Å²) in [6.45, 7) is 1.92. The molecule has 0 aliphatic carbocycles. The number of nitrogens with zero attached hydrogens (tertiary/aromatic N) is 3. The molecule has 0 radical (unpaired) electrons. The number of methoxy groups -OCH3 is 1. The van der Waals surface area contributed by atoms with Gasteiger partial charge in [0.25, 0.3) is 5.91 Å². The molecule has 1 unspecified atom stereocenters. The van der Waals surface area contributed by atoms with E-state index in [0.29, 0.717) is 47.3 Å². The first-order chi connectivity index (χ1) is 15.5. The lowest BCUT2D eigenvalue weighted by Crippen LogP contribution is -2.31. The molecule has 4 rings (SSSR count). The second-order valence-corrected chi connectivity index (χ2v) is 8.31. The summed E-state index contributed by atoms with van der Waals surface area (Å²) in [5.74, 6) is 1.50. The van der Waals surface area contributed by atoms with Crippen LogP contribution in [0.15, 0.2) is 64.3 Å². The summed E-state index contributed by atoms with van der Waals surface area (Å²) in [5.41, 5.74) is 2.71. The fourth-order valence-electron chi connectivity index (χ4n) is 3.72. The molecule has 1 aliphatic heterocycles. The number of carbonyl (C=O) groups is 1. The lowest BCUT2D eigenvalue weighted by Gasteiger charge is -2.29. The van der Waals surface area contributed by atoms with Gasteiger partial charge in [0, 0.05) is 23.2 Å². The number of benzene rings is 2. The summed E-state index contributed by atoms with van der Waals surface area (Å²) < 4.78 is 8.06. The molecule has 1 aromatic heterocycles. The van der Waals surface area contributed by atoms with Gasteiger partial charge in [-0.1, -0.05) is 40.2 Å². The van der Waals surface area contributed by atoms with Crippen molar-refractivity contribution < 1.29 is 14.6 Å². The van der Waals surface area contributed by atoms with Crippen molar-refractivity contribution in [2.24, 2.45) is 0 Å². The zero-order chi connectivity index (χ0) is 22.7. The summed E-state index contributed by atoms with van der Waals surface area (Å²) in [6, 6.07) is 14.6. The molecule has 2 heterocycles. The van der Waals surface area contributed by atoms with E-state index < -0.39 is 6.04 Å². The molecule has 2 aromatic carbocycles. The van der Waals surface area contributed by atoms with E-state index in [2.05, 4.69) is 36.6 Å². The minimum Gasteiger partial charge on any atom is -0.495 e. The Bertz CT molecular complexity index is 1160. The van der Waals surface area contributed by atoms with E-state index in [1.54, 1.807) is 23.9 Å². The third-order valence-electron chi connectivity index (χ3n) is 5.24. The van der Waals surface area contributed by atoms with Gasteiger partial charge in [0.15, 0.2) is 5.82 Å². The maximum absolute atomic E-state index is 13.5. The summed E-state index contributed by atoms with van der Waals surface area (Å²) in [4.78, 5) is 18.1. The van der Waals surface area contributed by atoms with E-state index in [1.807, 2.05) is 43.3 Å². The van der Waals surface area contributed by atoms with Gasteiger partial charge in [0.05, 0.1) is 18.4 Å². The van der Waals surface area contributed by atoms with E-state index in [4.69, 9.17) is 4.74 Å². The van der Waals surface area contributed by atoms with Crippen LogP contribution in [0.2, 0.25) is 0 Å². The zero-order valence-corrected chi connectivity index (χ0v) is 19.4. The fraction of sp³-hybridized carbons (Fsp3) is 0.261. The van der Waals surface area contributed by atoms with Crippen LogP contribution >= 0.6 is 15.9 Å². The number of rotatable bonds is 7. The third-order valence-corrected chi connectivity index (χ3v) is 5.77. The van der Waals surface area contributed by atoms with Crippen molar-refractivity contribution in [2.45, 2.75) is 25.8 Å². The number of amides is 1. The summed E-state index contributed by atoms with van der Waals surface area (Å²) in [5, 5.41) is 20.0. The Morgan fingerprint density at radius 2 is 2.00 bits per heavy atom. The van der Waals surface area contributed by atoms with Crippen LogP contribution in [-0.4, -0.2) is 39.5 Å². The highest BCUT2D eigenvalue weighted by Gasteiger charge is 2.34. The highest BCUT2D eigenvalue weighted by Crippen LogP contribution is 2.36. The predicted octanol–water partition coefficient (Wildman–Crippen LogP) is 3.90. The van der Waals surface area contributed by atoms with Crippen molar-refractivity contribution in [2.75, 3.05) is 24.4 Å². The number of aromatic nitrogens is 3. The van der Waals surface area contributed by atoms with E-state index in [9.17, 15) is 9.90 Å². The molecule has 0 saturated carbocycles. The van der Waals surface area contributed by atoms with Gasteiger partial charge in [-0.2, -0.15) is 10.1 Å². The van der Waals surface area contributed by atoms with Crippen LogP contribution in [0.1, 0.15) is 30.8 Å². The van der Waals surface area contributed by atoms with Gasteiger partial charge < -0.3 is 20.5 Å². The molecule has 0 spiro atoms. The number of fused-ring (bicyclic) bond motifs is 1. The number of aliphatic hydroxyl groups is 1. The van der Waals surface area contributed by atoms with Crippen LogP contribution in [0.5, 0.6) is 5.75 Å². The van der Waals surface area contributed by atoms with Crippen LogP contribution in [0.3, 0.4) is 0 Å². The number of hydrogen-bond donors (Lipinski definition) is 3. The number of aryl methyl sites for hydroxylation is 1. The lowest BCUT2D eigenvalue weighted by atomic mass is 9.95. The summed E-state index contributed by atoms with van der Waals surface area (Å²) in [6.07, 6.45) is 1.12. The molecule has 0 fully saturated rings. The first-order valence-electron chi connectivity index (χ1n) is 10.3. The number of ether oxygens (including phenoxy) is 1. The number of hydrogen-bond acceptors (Lipinski definition) is 6. The van der Waals surface area contributed by atoms with Crippen LogP contribution in [0.4, 0.5) is 11.6 Å². The number of allylic oxidation sites excluding steroid dienone is 1. The van der Waals surface area contributed by atoms with E-state index in [-0.39, 0.29) is 12.5 Å². The molecule has 0 bridgehead atoms. The minimum atomic E-state index is -0.468. The molecule has 8 nitrogen and oxygen atoms in total. The Morgan fingerprint density at radius 3 is 2.72 bits per heavy atom. The molecule has 1 aliphatic rings. The van der Waals surface area contributed by atoms with Crippen molar-refractivity contribution in [1.29, 1.82) is 0 Å². The van der Waals surface area contributed by atoms with Gasteiger partial charge in [-0.25, -0.2) is 4.68 Å². The molecular formula is C23H24BrN5O3. The average Bonchev–Trinajstić information content (AvgIpc) is 3.20. The minimum absolute atomic E-state index is 0.0668. The first-order valence-corrected chi connectivity index (χ1v) is 11.0. The third kappa shape index (κ3) is 4.39. The molecule has 3 N–H and O–H groups in total. The van der Waals surface area contributed by atoms with Crippen LogP contribution in [-0.2, 0) is 11.2 Å². The number of aliphatic hydroxyl groups excluding tert-OH is 1. The van der Waals surface area contributed by atoms with E-state index in [1.165, 1.54) is 0 Å². The van der Waals surface area contributed by atoms with Crippen molar-refractivity contribution in [3.8, 4) is 5.75 Å². The Labute approximate surface area is 194 Å². The average molecular weight is 498 g/mol. The molecule has 9 heteroatoms. The molecule has 166 valence electrons. The summed E-state index contributed by atoms with van der Waals surface area (Å²) >= 11 is 3.47. The second kappa shape index (κ2) is 9.54. The van der Waals surface area contributed by atoms with Crippen LogP contribution in [0.25, 0.3) is 0 Å². The Morgan fingerprint density at radius 1 is 1.25 bits per heavy atom. The van der Waals surface area contributed by atoms with Gasteiger partial charge in [-0.15, -0.1) is 0 Å². The van der Waals surface area contributed by atoms with Crippen molar-refractivity contribution in [1.82, 2.24) is 14.8 Å². The lowest BCUT2D eigenvalue weighted by molar-refractivity contribution is -0.113. The molecule has 1 atom stereocenters. The van der Waals surface area contributed by atoms with Crippen LogP contribution in [0, 0.1) is 0 Å². The molecule has 3 aromatic rings. The maximum atomic E-state index is 13.5. The molecule has 1 amide bonds. The fourth-order valence-corrected chi connectivity index (χ4v) is 3.99. The quantitative estimate of drug-likeness (QED) is 0.457. The topological polar surface area (TPSA) is 101 Å². The Hall–Kier alpha value is -3.17. The second-order valence-electron chi connectivity index (χ2n) is 7.40.